The van der Waals surface area contributed by atoms with Gasteiger partial charge < -0.3 is 14.4 Å². The molecule has 1 aliphatic rings. The smallest absolute Gasteiger partial charge is 0.415 e. The number of aromatic nitrogens is 5. The second-order valence-electron chi connectivity index (χ2n) is 7.08. The van der Waals surface area contributed by atoms with Crippen molar-refractivity contribution in [3.8, 4) is 17.4 Å². The van der Waals surface area contributed by atoms with Crippen LogP contribution in [0.5, 0.6) is 17.4 Å². The maximum Gasteiger partial charge on any atom is 0.415 e. The first-order valence-electron chi connectivity index (χ1n) is 9.78. The van der Waals surface area contributed by atoms with Crippen LogP contribution in [-0.2, 0) is 7.05 Å². The predicted molar refractivity (Wildman–Crippen MR) is 116 cm³/mol. The van der Waals surface area contributed by atoms with Crippen LogP contribution < -0.4 is 9.47 Å². The summed E-state index contributed by atoms with van der Waals surface area (Å²) in [6.45, 7) is 1.34. The first kappa shape index (κ1) is 21.4. The van der Waals surface area contributed by atoms with Crippen molar-refractivity contribution in [1.82, 2.24) is 30.1 Å². The van der Waals surface area contributed by atoms with E-state index in [4.69, 9.17) is 21.1 Å². The molecule has 3 heterocycles. The van der Waals surface area contributed by atoms with Gasteiger partial charge in [-0.1, -0.05) is 23.4 Å². The summed E-state index contributed by atoms with van der Waals surface area (Å²) in [6.07, 6.45) is 3.03. The highest BCUT2D eigenvalue weighted by Crippen LogP contribution is 2.26. The number of thioether (sulfide) groups is 1. The van der Waals surface area contributed by atoms with Crippen LogP contribution in [0, 0.1) is 5.92 Å². The summed E-state index contributed by atoms with van der Waals surface area (Å²) < 4.78 is 12.8. The van der Waals surface area contributed by atoms with E-state index in [0.29, 0.717) is 41.4 Å². The molecule has 31 heavy (non-hydrogen) atoms. The van der Waals surface area contributed by atoms with Crippen LogP contribution in [0.25, 0.3) is 0 Å². The molecule has 3 aromatic rings. The van der Waals surface area contributed by atoms with Crippen LogP contribution in [0.3, 0.4) is 0 Å². The molecule has 11 heteroatoms. The van der Waals surface area contributed by atoms with Crippen molar-refractivity contribution >= 4 is 29.5 Å². The van der Waals surface area contributed by atoms with E-state index in [2.05, 4.69) is 20.5 Å². The van der Waals surface area contributed by atoms with Gasteiger partial charge in [0.1, 0.15) is 11.5 Å². The fourth-order valence-electron chi connectivity index (χ4n) is 3.10. The fraction of sp³-hybridized carbons (Fsp3) is 0.350. The van der Waals surface area contributed by atoms with Gasteiger partial charge in [-0.2, -0.15) is 0 Å². The largest absolute Gasteiger partial charge is 0.439 e. The third kappa shape index (κ3) is 5.86. The summed E-state index contributed by atoms with van der Waals surface area (Å²) in [6, 6.07) is 10.2. The van der Waals surface area contributed by atoms with E-state index in [1.54, 1.807) is 57.7 Å². The molecule has 1 aromatic carbocycles. The van der Waals surface area contributed by atoms with Gasteiger partial charge in [0.25, 0.3) is 0 Å². The second-order valence-corrected chi connectivity index (χ2v) is 8.51. The van der Waals surface area contributed by atoms with E-state index in [9.17, 15) is 4.79 Å². The van der Waals surface area contributed by atoms with Gasteiger partial charge in [0, 0.05) is 38.2 Å². The lowest BCUT2D eigenvalue weighted by Crippen LogP contribution is -2.40. The number of hydrogen-bond acceptors (Lipinski definition) is 8. The lowest BCUT2D eigenvalue weighted by Gasteiger charge is -2.30. The summed E-state index contributed by atoms with van der Waals surface area (Å²) in [5.74, 6) is 2.94. The number of carbonyl (C=O) groups is 1. The molecule has 0 aliphatic carbocycles. The zero-order valence-corrected chi connectivity index (χ0v) is 18.4. The average molecular weight is 461 g/mol. The Bertz CT molecular complexity index is 1010. The molecular formula is C20H21ClN6O3S. The molecule has 1 fully saturated rings. The van der Waals surface area contributed by atoms with Gasteiger partial charge in [0.2, 0.25) is 11.0 Å². The molecule has 1 saturated heterocycles. The summed E-state index contributed by atoms with van der Waals surface area (Å²) in [4.78, 5) is 18.3. The van der Waals surface area contributed by atoms with E-state index in [-0.39, 0.29) is 6.09 Å². The summed E-state index contributed by atoms with van der Waals surface area (Å²) in [5.41, 5.74) is 0. The second kappa shape index (κ2) is 9.97. The van der Waals surface area contributed by atoms with Gasteiger partial charge in [-0.15, -0.1) is 5.10 Å². The number of tetrazole rings is 1. The molecule has 0 saturated carbocycles. The average Bonchev–Trinajstić information content (AvgIpc) is 3.20. The number of piperidine rings is 1. The molecule has 0 radical (unpaired) electrons. The SMILES string of the molecule is Cn1nnnc1SCC1CCN(C(=O)Oc2ccc(Oc3ccc(Cl)cn3)cc2)CC1. The van der Waals surface area contributed by atoms with Crippen LogP contribution >= 0.6 is 23.4 Å². The molecule has 1 aliphatic heterocycles. The van der Waals surface area contributed by atoms with Gasteiger partial charge >= 0.3 is 6.09 Å². The Kier molecular flexibility index (Phi) is 6.88. The highest BCUT2D eigenvalue weighted by molar-refractivity contribution is 7.99. The van der Waals surface area contributed by atoms with Crippen molar-refractivity contribution in [3.05, 3.63) is 47.6 Å². The maximum absolute atomic E-state index is 12.5. The number of ether oxygens (including phenoxy) is 2. The van der Waals surface area contributed by atoms with E-state index < -0.39 is 0 Å². The Hall–Kier alpha value is -2.85. The zero-order chi connectivity index (χ0) is 21.6. The molecular weight excluding hydrogens is 440 g/mol. The molecule has 0 spiro atoms. The topological polar surface area (TPSA) is 95.3 Å². The summed E-state index contributed by atoms with van der Waals surface area (Å²) in [7, 11) is 1.83. The van der Waals surface area contributed by atoms with Gasteiger partial charge in [-0.3, -0.25) is 0 Å². The van der Waals surface area contributed by atoms with E-state index in [1.165, 1.54) is 6.20 Å². The number of carbonyl (C=O) groups excluding carboxylic acids is 1. The van der Waals surface area contributed by atoms with Crippen LogP contribution in [-0.4, -0.2) is 55.0 Å². The maximum atomic E-state index is 12.5. The number of pyridine rings is 1. The molecule has 9 nitrogen and oxygen atoms in total. The first-order valence-corrected chi connectivity index (χ1v) is 11.1. The van der Waals surface area contributed by atoms with Crippen LogP contribution in [0.1, 0.15) is 12.8 Å². The molecule has 162 valence electrons. The standard InChI is InChI=1S/C20H21ClN6O3S/c1-26-19(23-24-25-26)31-13-14-8-10-27(11-9-14)20(28)30-17-5-3-16(4-6-17)29-18-7-2-15(21)12-22-18/h2-7,12,14H,8-11,13H2,1H3. The lowest BCUT2D eigenvalue weighted by molar-refractivity contribution is 0.134. The van der Waals surface area contributed by atoms with E-state index in [1.807, 2.05) is 7.05 Å². The number of likely N-dealkylation sites (tertiary alicyclic amines) is 1. The van der Waals surface area contributed by atoms with Crippen molar-refractivity contribution in [1.29, 1.82) is 0 Å². The Labute approximate surface area is 188 Å². The summed E-state index contributed by atoms with van der Waals surface area (Å²) >= 11 is 7.46. The Morgan fingerprint density at radius 3 is 2.55 bits per heavy atom. The predicted octanol–water partition coefficient (Wildman–Crippen LogP) is 4.05. The Balaban J connectivity index is 1.22. The minimum absolute atomic E-state index is 0.336. The Morgan fingerprint density at radius 2 is 1.90 bits per heavy atom. The molecule has 0 atom stereocenters. The molecule has 2 aromatic heterocycles. The number of benzene rings is 1. The lowest BCUT2D eigenvalue weighted by atomic mass is 9.99. The van der Waals surface area contributed by atoms with Gasteiger partial charge in [0.15, 0.2) is 0 Å². The van der Waals surface area contributed by atoms with E-state index in [0.717, 1.165) is 23.8 Å². The number of halogens is 1. The van der Waals surface area contributed by atoms with Crippen molar-refractivity contribution in [2.75, 3.05) is 18.8 Å². The molecule has 0 unspecified atom stereocenters. The van der Waals surface area contributed by atoms with Gasteiger partial charge in [-0.25, -0.2) is 14.5 Å². The first-order chi connectivity index (χ1) is 15.1. The van der Waals surface area contributed by atoms with E-state index >= 15 is 0 Å². The monoisotopic (exact) mass is 460 g/mol. The van der Waals surface area contributed by atoms with Crippen molar-refractivity contribution in [2.45, 2.75) is 18.0 Å². The minimum atomic E-state index is -0.336. The third-order valence-corrected chi connectivity index (χ3v) is 6.32. The molecule has 4 rings (SSSR count). The number of hydrogen-bond donors (Lipinski definition) is 0. The fourth-order valence-corrected chi connectivity index (χ4v) is 4.25. The van der Waals surface area contributed by atoms with Gasteiger partial charge in [-0.05, 0) is 59.5 Å². The highest BCUT2D eigenvalue weighted by Gasteiger charge is 2.24. The quantitative estimate of drug-likeness (QED) is 0.508. The third-order valence-electron chi connectivity index (χ3n) is 4.85. The number of nitrogens with zero attached hydrogens (tertiary/aromatic N) is 6. The Morgan fingerprint density at radius 1 is 1.16 bits per heavy atom. The normalized spacial score (nSPS) is 14.5. The van der Waals surface area contributed by atoms with Crippen molar-refractivity contribution in [3.63, 3.8) is 0 Å². The number of aryl methyl sites for hydroxylation is 1. The molecule has 0 N–H and O–H groups in total. The van der Waals surface area contributed by atoms with Gasteiger partial charge in [0.05, 0.1) is 5.02 Å². The zero-order valence-electron chi connectivity index (χ0n) is 16.8. The molecule has 0 bridgehead atoms. The van der Waals surface area contributed by atoms with Crippen LogP contribution in [0.2, 0.25) is 5.02 Å². The van der Waals surface area contributed by atoms with Crippen molar-refractivity contribution in [2.24, 2.45) is 13.0 Å². The number of rotatable bonds is 6. The number of amides is 1. The van der Waals surface area contributed by atoms with Crippen LogP contribution in [0.15, 0.2) is 47.8 Å². The minimum Gasteiger partial charge on any atom is -0.439 e. The molecule has 1 amide bonds. The summed E-state index contributed by atoms with van der Waals surface area (Å²) in [5, 5.41) is 12.8. The van der Waals surface area contributed by atoms with Crippen molar-refractivity contribution < 1.29 is 14.3 Å². The van der Waals surface area contributed by atoms with Crippen LogP contribution in [0.4, 0.5) is 4.79 Å². The highest BCUT2D eigenvalue weighted by atomic mass is 35.5.